The van der Waals surface area contributed by atoms with Crippen molar-refractivity contribution in [2.75, 3.05) is 0 Å². The SMILES string of the molecule is C=Cc1c(O)cccc1/C(O)=C\C.CCC(C)C.CCC(C)C(C)c1ccc(O)cc1O. The van der Waals surface area contributed by atoms with Crippen molar-refractivity contribution in [2.24, 2.45) is 11.8 Å². The van der Waals surface area contributed by atoms with Crippen LogP contribution in [0.25, 0.3) is 11.8 Å². The van der Waals surface area contributed by atoms with Crippen molar-refractivity contribution in [3.63, 3.8) is 0 Å². The van der Waals surface area contributed by atoms with E-state index in [1.165, 1.54) is 18.6 Å². The summed E-state index contributed by atoms with van der Waals surface area (Å²) in [7, 11) is 0. The van der Waals surface area contributed by atoms with Gasteiger partial charge in [-0.05, 0) is 48.4 Å². The summed E-state index contributed by atoms with van der Waals surface area (Å²) in [4.78, 5) is 0. The van der Waals surface area contributed by atoms with E-state index in [1.54, 1.807) is 43.3 Å². The highest BCUT2D eigenvalue weighted by Gasteiger charge is 2.16. The zero-order chi connectivity index (χ0) is 24.8. The van der Waals surface area contributed by atoms with Crippen LogP contribution in [0.1, 0.15) is 83.9 Å². The van der Waals surface area contributed by atoms with Gasteiger partial charge in [-0.1, -0.05) is 85.2 Å². The van der Waals surface area contributed by atoms with Crippen LogP contribution in [-0.4, -0.2) is 20.4 Å². The standard InChI is InChI=1S/C12H18O2.C11H12O2.C5H12/c1-4-8(2)9(3)11-6-5-10(13)7-12(11)14;1-3-8-9(10(12)4-2)6-5-7-11(8)13;1-4-5(2)3/h5-9,13-14H,4H2,1-3H3;3-7,12-13H,1H2,2H3;5H,4H2,1-3H3/b;10-4+;. The first-order valence-electron chi connectivity index (χ1n) is 11.4. The normalized spacial score (nSPS) is 12.7. The summed E-state index contributed by atoms with van der Waals surface area (Å²) in [5.74, 6) is 2.31. The van der Waals surface area contributed by atoms with Crippen molar-refractivity contribution in [3.8, 4) is 17.2 Å². The first-order chi connectivity index (χ1) is 15.0. The molecule has 0 radical (unpaired) electrons. The molecule has 2 unspecified atom stereocenters. The molecule has 0 aliphatic heterocycles. The van der Waals surface area contributed by atoms with Gasteiger partial charge in [-0.3, -0.25) is 0 Å². The largest absolute Gasteiger partial charge is 0.508 e. The molecular weight excluding hydrogens is 400 g/mol. The lowest BCUT2D eigenvalue weighted by Crippen LogP contribution is -2.04. The van der Waals surface area contributed by atoms with Gasteiger partial charge in [0.2, 0.25) is 0 Å². The second-order valence-electron chi connectivity index (χ2n) is 8.34. The maximum atomic E-state index is 9.65. The minimum atomic E-state index is 0.114. The van der Waals surface area contributed by atoms with Crippen molar-refractivity contribution in [3.05, 3.63) is 65.7 Å². The predicted octanol–water partition coefficient (Wildman–Crippen LogP) is 8.25. The van der Waals surface area contributed by atoms with E-state index in [4.69, 9.17) is 5.11 Å². The van der Waals surface area contributed by atoms with Gasteiger partial charge in [0.05, 0.1) is 0 Å². The summed E-state index contributed by atoms with van der Waals surface area (Å²) in [6.07, 6.45) is 5.48. The van der Waals surface area contributed by atoms with Crippen molar-refractivity contribution < 1.29 is 20.4 Å². The lowest BCUT2D eigenvalue weighted by molar-refractivity contribution is 0.419. The van der Waals surface area contributed by atoms with Gasteiger partial charge in [0, 0.05) is 17.2 Å². The molecule has 0 spiro atoms. The Bertz CT molecular complexity index is 853. The summed E-state index contributed by atoms with van der Waals surface area (Å²) in [5, 5.41) is 37.7. The lowest BCUT2D eigenvalue weighted by Gasteiger charge is -2.19. The molecule has 0 aliphatic rings. The third-order valence-electron chi connectivity index (χ3n) is 5.66. The maximum absolute atomic E-state index is 9.65. The average molecular weight is 443 g/mol. The highest BCUT2D eigenvalue weighted by Crippen LogP contribution is 2.34. The van der Waals surface area contributed by atoms with Gasteiger partial charge in [0.15, 0.2) is 0 Å². The zero-order valence-electron chi connectivity index (χ0n) is 20.8. The quantitative estimate of drug-likeness (QED) is 0.339. The van der Waals surface area contributed by atoms with E-state index in [-0.39, 0.29) is 23.0 Å². The number of hydrogen-bond acceptors (Lipinski definition) is 4. The molecule has 4 N–H and O–H groups in total. The Morgan fingerprint density at radius 3 is 1.97 bits per heavy atom. The van der Waals surface area contributed by atoms with Crippen LogP contribution >= 0.6 is 0 Å². The van der Waals surface area contributed by atoms with E-state index in [2.05, 4.69) is 48.1 Å². The van der Waals surface area contributed by atoms with Gasteiger partial charge in [-0.15, -0.1) is 0 Å². The molecule has 2 aromatic rings. The number of phenolic OH excluding ortho intramolecular Hbond substituents is 3. The minimum absolute atomic E-state index is 0.114. The van der Waals surface area contributed by atoms with Crippen molar-refractivity contribution in [1.29, 1.82) is 0 Å². The van der Waals surface area contributed by atoms with E-state index < -0.39 is 0 Å². The summed E-state index contributed by atoms with van der Waals surface area (Å²) in [5.41, 5.74) is 2.06. The molecule has 0 heterocycles. The minimum Gasteiger partial charge on any atom is -0.508 e. The third kappa shape index (κ3) is 9.51. The number of aromatic hydroxyl groups is 3. The third-order valence-corrected chi connectivity index (χ3v) is 5.66. The first kappa shape index (κ1) is 29.1. The fourth-order valence-corrected chi connectivity index (χ4v) is 2.72. The van der Waals surface area contributed by atoms with E-state index in [0.29, 0.717) is 23.0 Å². The maximum Gasteiger partial charge on any atom is 0.123 e. The van der Waals surface area contributed by atoms with Gasteiger partial charge in [-0.2, -0.15) is 0 Å². The van der Waals surface area contributed by atoms with Gasteiger partial charge in [0.1, 0.15) is 23.0 Å². The fourth-order valence-electron chi connectivity index (χ4n) is 2.72. The van der Waals surface area contributed by atoms with Gasteiger partial charge < -0.3 is 20.4 Å². The predicted molar refractivity (Wildman–Crippen MR) is 137 cm³/mol. The van der Waals surface area contributed by atoms with E-state index in [1.807, 2.05) is 0 Å². The zero-order valence-corrected chi connectivity index (χ0v) is 20.8. The van der Waals surface area contributed by atoms with Gasteiger partial charge in [-0.25, -0.2) is 0 Å². The molecule has 178 valence electrons. The van der Waals surface area contributed by atoms with E-state index in [0.717, 1.165) is 17.9 Å². The summed E-state index contributed by atoms with van der Waals surface area (Å²) >= 11 is 0. The Kier molecular flexibility index (Phi) is 13.7. The Balaban J connectivity index is 0.000000499. The molecule has 32 heavy (non-hydrogen) atoms. The van der Waals surface area contributed by atoms with Crippen LogP contribution in [0, 0.1) is 11.8 Å². The number of hydrogen-bond donors (Lipinski definition) is 4. The number of aliphatic hydroxyl groups is 1. The number of rotatable bonds is 6. The van der Waals surface area contributed by atoms with Crippen LogP contribution in [0.15, 0.2) is 49.1 Å². The molecule has 2 aromatic carbocycles. The fraction of sp³-hybridized carbons (Fsp3) is 0.429. The summed E-state index contributed by atoms with van der Waals surface area (Å²) in [6, 6.07) is 9.77. The summed E-state index contributed by atoms with van der Waals surface area (Å²) in [6.45, 7) is 18.3. The van der Waals surface area contributed by atoms with Crippen LogP contribution in [0.5, 0.6) is 17.2 Å². The average Bonchev–Trinajstić information content (AvgIpc) is 2.78. The second-order valence-corrected chi connectivity index (χ2v) is 8.34. The molecule has 0 aliphatic carbocycles. The Labute approximate surface area is 194 Å². The molecular formula is C28H42O4. The first-order valence-corrected chi connectivity index (χ1v) is 11.4. The van der Waals surface area contributed by atoms with Crippen LogP contribution in [0.4, 0.5) is 0 Å². The summed E-state index contributed by atoms with van der Waals surface area (Å²) < 4.78 is 0. The lowest BCUT2D eigenvalue weighted by atomic mass is 9.87. The van der Waals surface area contributed by atoms with Gasteiger partial charge >= 0.3 is 0 Å². The number of allylic oxidation sites excluding steroid dienone is 1. The van der Waals surface area contributed by atoms with Crippen LogP contribution in [-0.2, 0) is 0 Å². The molecule has 0 saturated heterocycles. The molecule has 0 bridgehead atoms. The molecule has 0 saturated carbocycles. The highest BCUT2D eigenvalue weighted by molar-refractivity contribution is 5.72. The van der Waals surface area contributed by atoms with E-state index in [9.17, 15) is 15.3 Å². The Morgan fingerprint density at radius 1 is 0.938 bits per heavy atom. The van der Waals surface area contributed by atoms with E-state index >= 15 is 0 Å². The topological polar surface area (TPSA) is 80.9 Å². The van der Waals surface area contributed by atoms with Crippen LogP contribution < -0.4 is 0 Å². The molecule has 4 nitrogen and oxygen atoms in total. The van der Waals surface area contributed by atoms with Crippen molar-refractivity contribution in [2.45, 2.75) is 67.2 Å². The number of aliphatic hydroxyl groups excluding tert-OH is 1. The number of phenols is 3. The molecule has 0 aromatic heterocycles. The second kappa shape index (κ2) is 15.0. The molecule has 2 rings (SSSR count). The van der Waals surface area contributed by atoms with Crippen molar-refractivity contribution >= 4 is 11.8 Å². The van der Waals surface area contributed by atoms with Gasteiger partial charge in [0.25, 0.3) is 0 Å². The number of benzene rings is 2. The van der Waals surface area contributed by atoms with Crippen LogP contribution in [0.2, 0.25) is 0 Å². The molecule has 0 amide bonds. The Hall–Kier alpha value is -2.88. The smallest absolute Gasteiger partial charge is 0.123 e. The van der Waals surface area contributed by atoms with Crippen LogP contribution in [0.3, 0.4) is 0 Å². The molecule has 4 heteroatoms. The highest BCUT2D eigenvalue weighted by atomic mass is 16.3. The Morgan fingerprint density at radius 2 is 1.53 bits per heavy atom. The van der Waals surface area contributed by atoms with Crippen molar-refractivity contribution in [1.82, 2.24) is 0 Å². The molecule has 2 atom stereocenters. The molecule has 0 fully saturated rings. The monoisotopic (exact) mass is 442 g/mol.